The number of nitrogens with two attached hydrogens (primary N) is 1. The number of nitrogens with zero attached hydrogens (tertiary/aromatic N) is 3. The number of aromatic nitrogens is 2. The zero-order valence-electron chi connectivity index (χ0n) is 10.6. The minimum Gasteiger partial charge on any atom is -0.463 e. The molecule has 1 aromatic rings. The summed E-state index contributed by atoms with van der Waals surface area (Å²) in [5.74, 6) is -0.396. The van der Waals surface area contributed by atoms with Crippen molar-refractivity contribution in [3.8, 4) is 0 Å². The number of hydrogen-bond donors (Lipinski definition) is 2. The van der Waals surface area contributed by atoms with E-state index in [-0.39, 0.29) is 37.3 Å². The van der Waals surface area contributed by atoms with Crippen molar-refractivity contribution in [2.24, 2.45) is 10.1 Å². The highest BCUT2D eigenvalue weighted by molar-refractivity contribution is 7.91. The fourth-order valence-electron chi connectivity index (χ4n) is 1.50. The summed E-state index contributed by atoms with van der Waals surface area (Å²) >= 11 is 0. The number of carbonyl (C=O) groups excluding carboxylic acids is 1. The van der Waals surface area contributed by atoms with Crippen LogP contribution in [-0.2, 0) is 31.2 Å². The van der Waals surface area contributed by atoms with E-state index in [9.17, 15) is 13.2 Å². The summed E-state index contributed by atoms with van der Waals surface area (Å²) in [5, 5.41) is 0. The predicted octanol–water partition coefficient (Wildman–Crippen LogP) is -1.20. The largest absolute Gasteiger partial charge is 0.463 e. The maximum atomic E-state index is 11.4. The van der Waals surface area contributed by atoms with Gasteiger partial charge in [0.05, 0.1) is 12.9 Å². The molecule has 0 bridgehead atoms. The number of carbonyl (C=O) groups is 1. The molecule has 20 heavy (non-hydrogen) atoms. The third-order valence-corrected chi connectivity index (χ3v) is 3.18. The number of fused-ring (bicyclic) bond motifs is 1. The molecule has 0 amide bonds. The van der Waals surface area contributed by atoms with Gasteiger partial charge in [-0.15, -0.1) is 4.40 Å². The van der Waals surface area contributed by atoms with Crippen molar-refractivity contribution in [2.45, 2.75) is 13.7 Å². The minimum absolute atomic E-state index is 0.0272. The number of hydrogen-bond acceptors (Lipinski definition) is 7. The maximum Gasteiger partial charge on any atom is 0.345 e. The van der Waals surface area contributed by atoms with Gasteiger partial charge in [0, 0.05) is 6.92 Å². The molecule has 0 aliphatic carbocycles. The normalized spacial score (nSPS) is 15.9. The Morgan fingerprint density at radius 3 is 2.95 bits per heavy atom. The molecule has 0 spiro atoms. The average molecular weight is 303 g/mol. The van der Waals surface area contributed by atoms with Crippen LogP contribution in [0.3, 0.4) is 0 Å². The Kier molecular flexibility index (Phi) is 3.90. The molecule has 1 aliphatic rings. The minimum atomic E-state index is -3.86. The quantitative estimate of drug-likeness (QED) is 0.514. The summed E-state index contributed by atoms with van der Waals surface area (Å²) in [5.41, 5.74) is 5.74. The highest BCUT2D eigenvalue weighted by Gasteiger charge is 2.25. The highest BCUT2D eigenvalue weighted by Crippen LogP contribution is 2.20. The van der Waals surface area contributed by atoms with Crippen LogP contribution in [0.5, 0.6) is 0 Å². The summed E-state index contributed by atoms with van der Waals surface area (Å²) in [6.45, 7) is 1.60. The lowest BCUT2D eigenvalue weighted by Crippen LogP contribution is -2.27. The first kappa shape index (κ1) is 14.3. The first-order valence-corrected chi connectivity index (χ1v) is 6.98. The Bertz CT molecular complexity index is 650. The molecule has 0 aromatic carbocycles. The van der Waals surface area contributed by atoms with E-state index in [1.54, 1.807) is 0 Å². The van der Waals surface area contributed by atoms with Gasteiger partial charge in [0.1, 0.15) is 19.0 Å². The number of imidazole rings is 1. The van der Waals surface area contributed by atoms with Crippen molar-refractivity contribution in [3.63, 3.8) is 0 Å². The Balaban J connectivity index is 1.99. The van der Waals surface area contributed by atoms with Gasteiger partial charge in [0.15, 0.2) is 11.7 Å². The predicted molar refractivity (Wildman–Crippen MR) is 68.1 cm³/mol. The van der Waals surface area contributed by atoms with E-state index in [4.69, 9.17) is 10.5 Å². The van der Waals surface area contributed by atoms with Gasteiger partial charge < -0.3 is 15.2 Å². The molecule has 3 N–H and O–H groups in total. The molecule has 110 valence electrons. The van der Waals surface area contributed by atoms with Gasteiger partial charge in [-0.25, -0.2) is 9.71 Å². The van der Waals surface area contributed by atoms with Crippen LogP contribution in [0.1, 0.15) is 12.6 Å². The van der Waals surface area contributed by atoms with E-state index in [0.29, 0.717) is 0 Å². The molecule has 1 aromatic heterocycles. The monoisotopic (exact) mass is 303 g/mol. The van der Waals surface area contributed by atoms with Crippen LogP contribution < -0.4 is 10.5 Å². The number of rotatable bonds is 5. The first-order valence-electron chi connectivity index (χ1n) is 5.54. The summed E-state index contributed by atoms with van der Waals surface area (Å²) in [4.78, 5) is 14.5. The van der Waals surface area contributed by atoms with Crippen molar-refractivity contribution in [1.29, 1.82) is 0 Å². The topological polar surface area (TPSA) is 138 Å². The van der Waals surface area contributed by atoms with Crippen LogP contribution in [0.25, 0.3) is 0 Å². The van der Waals surface area contributed by atoms with Crippen molar-refractivity contribution in [1.82, 2.24) is 9.55 Å². The zero-order valence-corrected chi connectivity index (χ0v) is 11.4. The van der Waals surface area contributed by atoms with Crippen molar-refractivity contribution in [2.75, 3.05) is 17.9 Å². The molecule has 1 aliphatic heterocycles. The van der Waals surface area contributed by atoms with Gasteiger partial charge in [-0.2, -0.15) is 8.42 Å². The van der Waals surface area contributed by atoms with Crippen LogP contribution in [0.4, 0.5) is 5.82 Å². The second-order valence-corrected chi connectivity index (χ2v) is 5.18. The molecule has 0 atom stereocenters. The first-order chi connectivity index (χ1) is 9.39. The number of nitrogens with one attached hydrogen (secondary N) is 1. The third kappa shape index (κ3) is 3.24. The van der Waals surface area contributed by atoms with Crippen LogP contribution in [0.2, 0.25) is 0 Å². The van der Waals surface area contributed by atoms with E-state index in [1.807, 2.05) is 0 Å². The third-order valence-electron chi connectivity index (χ3n) is 2.29. The summed E-state index contributed by atoms with van der Waals surface area (Å²) in [6.07, 6.45) is 1.37. The summed E-state index contributed by atoms with van der Waals surface area (Å²) in [7, 11) is -3.86. The standard InChI is InChI=1S/C9H13N5O5S/c1-6(15)19-3-2-18-5-14-4-11-7-8(10)12-20(16,17)13-9(7)14/h4,13H,2-3,5H2,1H3,(H2,10,12). The van der Waals surface area contributed by atoms with E-state index in [1.165, 1.54) is 17.8 Å². The molecule has 2 rings (SSSR count). The summed E-state index contributed by atoms with van der Waals surface area (Å²) < 4.78 is 39.6. The van der Waals surface area contributed by atoms with Crippen molar-refractivity contribution < 1.29 is 22.7 Å². The van der Waals surface area contributed by atoms with E-state index >= 15 is 0 Å². The Labute approximate surface area is 114 Å². The lowest BCUT2D eigenvalue weighted by atomic mass is 10.4. The van der Waals surface area contributed by atoms with Crippen molar-refractivity contribution >= 4 is 27.8 Å². The lowest BCUT2D eigenvalue weighted by Gasteiger charge is -2.14. The smallest absolute Gasteiger partial charge is 0.345 e. The van der Waals surface area contributed by atoms with Crippen LogP contribution in [0, 0.1) is 0 Å². The Hall–Kier alpha value is -2.14. The Morgan fingerprint density at radius 1 is 1.50 bits per heavy atom. The van der Waals surface area contributed by atoms with Crippen LogP contribution in [-0.4, -0.2) is 43.0 Å². The number of amidine groups is 1. The summed E-state index contributed by atoms with van der Waals surface area (Å²) in [6, 6.07) is 0. The van der Waals surface area contributed by atoms with Crippen LogP contribution >= 0.6 is 0 Å². The van der Waals surface area contributed by atoms with Gasteiger partial charge in [0.2, 0.25) is 0 Å². The van der Waals surface area contributed by atoms with E-state index < -0.39 is 16.2 Å². The fraction of sp³-hybridized carbons (Fsp3) is 0.444. The second-order valence-electron chi connectivity index (χ2n) is 3.84. The van der Waals surface area contributed by atoms with Gasteiger partial charge in [-0.3, -0.25) is 9.36 Å². The van der Waals surface area contributed by atoms with Crippen LogP contribution in [0.15, 0.2) is 10.7 Å². The number of anilines is 1. The molecule has 2 heterocycles. The molecular weight excluding hydrogens is 290 g/mol. The lowest BCUT2D eigenvalue weighted by molar-refractivity contribution is -0.142. The number of ether oxygens (including phenoxy) is 2. The molecule has 11 heteroatoms. The van der Waals surface area contributed by atoms with Gasteiger partial charge in [-0.05, 0) is 0 Å². The molecule has 0 saturated heterocycles. The molecule has 0 fully saturated rings. The van der Waals surface area contributed by atoms with E-state index in [0.717, 1.165) is 0 Å². The molecule has 0 unspecified atom stereocenters. The van der Waals surface area contributed by atoms with Gasteiger partial charge >= 0.3 is 16.2 Å². The molecule has 0 radical (unpaired) electrons. The SMILES string of the molecule is CC(=O)OCCOCn1cnc2c1NS(=O)(=O)N=C2N. The zero-order chi connectivity index (χ0) is 14.8. The van der Waals surface area contributed by atoms with Gasteiger partial charge in [-0.1, -0.05) is 0 Å². The Morgan fingerprint density at radius 2 is 2.25 bits per heavy atom. The highest BCUT2D eigenvalue weighted by atomic mass is 32.2. The number of esters is 1. The average Bonchev–Trinajstić information content (AvgIpc) is 2.70. The van der Waals surface area contributed by atoms with Crippen molar-refractivity contribution in [3.05, 3.63) is 12.0 Å². The fourth-order valence-corrected chi connectivity index (χ4v) is 2.35. The second kappa shape index (κ2) is 5.46. The molecular formula is C9H13N5O5S. The van der Waals surface area contributed by atoms with E-state index in [2.05, 4.69) is 18.8 Å². The molecule has 10 nitrogen and oxygen atoms in total. The maximum absolute atomic E-state index is 11.4. The molecule has 0 saturated carbocycles. The van der Waals surface area contributed by atoms with Gasteiger partial charge in [0.25, 0.3) is 0 Å².